The van der Waals surface area contributed by atoms with Gasteiger partial charge >= 0.3 is 0 Å². The van der Waals surface area contributed by atoms with Crippen LogP contribution >= 0.6 is 22.9 Å². The Hall–Kier alpha value is -0.210. The first kappa shape index (κ1) is 13.9. The summed E-state index contributed by atoms with van der Waals surface area (Å²) in [6.07, 6.45) is 1.17. The fourth-order valence-electron chi connectivity index (χ4n) is 1.11. The molecule has 0 bridgehead atoms. The van der Waals surface area contributed by atoms with Gasteiger partial charge in [-0.25, -0.2) is 18.1 Å². The standard InChI is InChI=1S/C8H13ClN2O3S2/c1-6-7(15-8(9)11-6)16(13,14)10-4-2-3-5-12/h10,12H,2-5H2,1H3. The summed E-state index contributed by atoms with van der Waals surface area (Å²) >= 11 is 6.58. The van der Waals surface area contributed by atoms with Crippen molar-refractivity contribution in [3.05, 3.63) is 10.2 Å². The van der Waals surface area contributed by atoms with Crippen LogP contribution in [0.4, 0.5) is 0 Å². The molecule has 0 saturated carbocycles. The van der Waals surface area contributed by atoms with E-state index in [-0.39, 0.29) is 15.3 Å². The van der Waals surface area contributed by atoms with Gasteiger partial charge in [0.2, 0.25) is 0 Å². The van der Waals surface area contributed by atoms with E-state index in [4.69, 9.17) is 16.7 Å². The van der Waals surface area contributed by atoms with Crippen molar-refractivity contribution in [3.8, 4) is 0 Å². The Morgan fingerprint density at radius 1 is 1.50 bits per heavy atom. The van der Waals surface area contributed by atoms with E-state index in [0.29, 0.717) is 25.1 Å². The third kappa shape index (κ3) is 3.67. The number of nitrogens with one attached hydrogen (secondary N) is 1. The van der Waals surface area contributed by atoms with Crippen LogP contribution in [0.1, 0.15) is 18.5 Å². The Bertz CT molecular complexity index is 444. The molecule has 0 amide bonds. The van der Waals surface area contributed by atoms with Gasteiger partial charge in [0.1, 0.15) is 0 Å². The largest absolute Gasteiger partial charge is 0.396 e. The van der Waals surface area contributed by atoms with E-state index < -0.39 is 10.0 Å². The molecule has 1 rings (SSSR count). The van der Waals surface area contributed by atoms with Gasteiger partial charge in [0.05, 0.1) is 5.69 Å². The van der Waals surface area contributed by atoms with Crippen LogP contribution in [0, 0.1) is 6.92 Å². The van der Waals surface area contributed by atoms with E-state index in [0.717, 1.165) is 11.3 Å². The van der Waals surface area contributed by atoms with E-state index in [1.807, 2.05) is 0 Å². The number of aliphatic hydroxyl groups excluding tert-OH is 1. The lowest BCUT2D eigenvalue weighted by atomic mass is 10.3. The molecule has 0 spiro atoms. The van der Waals surface area contributed by atoms with Crippen LogP contribution in [-0.2, 0) is 10.0 Å². The van der Waals surface area contributed by atoms with Gasteiger partial charge in [-0.2, -0.15) is 0 Å². The van der Waals surface area contributed by atoms with Crippen LogP contribution in [0.5, 0.6) is 0 Å². The maximum absolute atomic E-state index is 11.8. The summed E-state index contributed by atoms with van der Waals surface area (Å²) in [5, 5.41) is 8.56. The number of unbranched alkanes of at least 4 members (excludes halogenated alkanes) is 1. The van der Waals surface area contributed by atoms with Crippen molar-refractivity contribution in [2.75, 3.05) is 13.2 Å². The van der Waals surface area contributed by atoms with Crippen molar-refractivity contribution in [1.29, 1.82) is 0 Å². The Kier molecular flexibility index (Phi) is 5.13. The molecule has 0 fully saturated rings. The van der Waals surface area contributed by atoms with E-state index in [9.17, 15) is 8.42 Å². The van der Waals surface area contributed by atoms with Crippen molar-refractivity contribution >= 4 is 33.0 Å². The number of halogens is 1. The molecule has 1 aromatic rings. The molecule has 1 aromatic heterocycles. The lowest BCUT2D eigenvalue weighted by Crippen LogP contribution is -2.24. The van der Waals surface area contributed by atoms with Gasteiger partial charge < -0.3 is 5.11 Å². The molecule has 2 N–H and O–H groups in total. The van der Waals surface area contributed by atoms with Gasteiger partial charge in [0.15, 0.2) is 8.68 Å². The summed E-state index contributed by atoms with van der Waals surface area (Å²) < 4.78 is 26.3. The minimum Gasteiger partial charge on any atom is -0.396 e. The van der Waals surface area contributed by atoms with E-state index in [2.05, 4.69) is 9.71 Å². The van der Waals surface area contributed by atoms with Crippen molar-refractivity contribution in [1.82, 2.24) is 9.71 Å². The summed E-state index contributed by atoms with van der Waals surface area (Å²) in [5.41, 5.74) is 0.407. The molecule has 5 nitrogen and oxygen atoms in total. The average Bonchev–Trinajstić information content (AvgIpc) is 2.53. The normalized spacial score (nSPS) is 11.9. The quantitative estimate of drug-likeness (QED) is 0.768. The minimum absolute atomic E-state index is 0.0626. The molecule has 8 heteroatoms. The number of aromatic nitrogens is 1. The smallest absolute Gasteiger partial charge is 0.251 e. The average molecular weight is 285 g/mol. The summed E-state index contributed by atoms with van der Waals surface area (Å²) in [7, 11) is -3.51. The number of aryl methyl sites for hydroxylation is 1. The van der Waals surface area contributed by atoms with Gasteiger partial charge in [-0.3, -0.25) is 0 Å². The summed E-state index contributed by atoms with van der Waals surface area (Å²) in [6.45, 7) is 1.97. The molecule has 92 valence electrons. The molecule has 0 aliphatic carbocycles. The van der Waals surface area contributed by atoms with Crippen molar-refractivity contribution in [2.45, 2.75) is 24.0 Å². The highest BCUT2D eigenvalue weighted by Crippen LogP contribution is 2.26. The first-order chi connectivity index (χ1) is 7.47. The molecular formula is C8H13ClN2O3S2. The van der Waals surface area contributed by atoms with Crippen LogP contribution in [0.2, 0.25) is 4.47 Å². The van der Waals surface area contributed by atoms with Crippen LogP contribution in [0.25, 0.3) is 0 Å². The first-order valence-corrected chi connectivity index (χ1v) is 7.38. The highest BCUT2D eigenvalue weighted by molar-refractivity contribution is 7.91. The Morgan fingerprint density at radius 2 is 2.19 bits per heavy atom. The second-order valence-electron chi connectivity index (χ2n) is 3.17. The molecule has 16 heavy (non-hydrogen) atoms. The van der Waals surface area contributed by atoms with Crippen LogP contribution in [0.3, 0.4) is 0 Å². The monoisotopic (exact) mass is 284 g/mol. The van der Waals surface area contributed by atoms with E-state index in [1.165, 1.54) is 0 Å². The lowest BCUT2D eigenvalue weighted by molar-refractivity contribution is 0.285. The Balaban J connectivity index is 2.67. The predicted octanol–water partition coefficient (Wildman–Crippen LogP) is 1.16. The fraction of sp³-hybridized carbons (Fsp3) is 0.625. The number of sulfonamides is 1. The summed E-state index contributed by atoms with van der Waals surface area (Å²) in [6, 6.07) is 0. The summed E-state index contributed by atoms with van der Waals surface area (Å²) in [4.78, 5) is 3.85. The highest BCUT2D eigenvalue weighted by atomic mass is 35.5. The maximum atomic E-state index is 11.8. The molecule has 0 unspecified atom stereocenters. The van der Waals surface area contributed by atoms with Gasteiger partial charge in [-0.05, 0) is 19.8 Å². The second-order valence-corrected chi connectivity index (χ2v) is 6.71. The molecule has 0 atom stereocenters. The zero-order valence-electron chi connectivity index (χ0n) is 8.73. The number of hydrogen-bond donors (Lipinski definition) is 2. The Labute approximate surface area is 104 Å². The molecule has 1 heterocycles. The van der Waals surface area contributed by atoms with Gasteiger partial charge in [0, 0.05) is 13.2 Å². The number of rotatable bonds is 6. The zero-order chi connectivity index (χ0) is 12.2. The number of thiazole rings is 1. The predicted molar refractivity (Wildman–Crippen MR) is 63.4 cm³/mol. The van der Waals surface area contributed by atoms with Gasteiger partial charge in [-0.15, -0.1) is 0 Å². The molecule has 0 radical (unpaired) electrons. The van der Waals surface area contributed by atoms with Crippen LogP contribution < -0.4 is 4.72 Å². The number of aliphatic hydroxyl groups is 1. The van der Waals surface area contributed by atoms with Crippen LogP contribution in [0.15, 0.2) is 4.21 Å². The van der Waals surface area contributed by atoms with Crippen molar-refractivity contribution < 1.29 is 13.5 Å². The van der Waals surface area contributed by atoms with E-state index in [1.54, 1.807) is 6.92 Å². The third-order valence-corrected chi connectivity index (χ3v) is 5.18. The van der Waals surface area contributed by atoms with Gasteiger partial charge in [0.25, 0.3) is 10.0 Å². The van der Waals surface area contributed by atoms with E-state index >= 15 is 0 Å². The Morgan fingerprint density at radius 3 is 2.69 bits per heavy atom. The molecular weight excluding hydrogens is 272 g/mol. The minimum atomic E-state index is -3.51. The highest BCUT2D eigenvalue weighted by Gasteiger charge is 2.20. The molecule has 0 aliphatic heterocycles. The summed E-state index contributed by atoms with van der Waals surface area (Å²) in [5.74, 6) is 0. The lowest BCUT2D eigenvalue weighted by Gasteiger charge is -2.04. The number of nitrogens with zero attached hydrogens (tertiary/aromatic N) is 1. The molecule has 0 aliphatic rings. The molecule has 0 aromatic carbocycles. The maximum Gasteiger partial charge on any atom is 0.251 e. The fourth-order valence-corrected chi connectivity index (χ4v) is 3.96. The van der Waals surface area contributed by atoms with Crippen molar-refractivity contribution in [3.63, 3.8) is 0 Å². The molecule has 0 saturated heterocycles. The van der Waals surface area contributed by atoms with Crippen LogP contribution in [-0.4, -0.2) is 31.7 Å². The zero-order valence-corrected chi connectivity index (χ0v) is 11.1. The van der Waals surface area contributed by atoms with Gasteiger partial charge in [-0.1, -0.05) is 22.9 Å². The topological polar surface area (TPSA) is 79.3 Å². The van der Waals surface area contributed by atoms with Crippen molar-refractivity contribution in [2.24, 2.45) is 0 Å². The number of hydrogen-bond acceptors (Lipinski definition) is 5. The first-order valence-electron chi connectivity index (χ1n) is 4.71. The third-order valence-electron chi connectivity index (χ3n) is 1.85. The second kappa shape index (κ2) is 5.92. The SMILES string of the molecule is Cc1nc(Cl)sc1S(=O)(=O)NCCCCO.